The van der Waals surface area contributed by atoms with Gasteiger partial charge in [-0.2, -0.15) is 0 Å². The minimum Gasteiger partial charge on any atom is -0.444 e. The number of likely N-dealkylation sites (N-methyl/N-ethyl adjacent to an activating group) is 1. The highest BCUT2D eigenvalue weighted by atomic mass is 16.6. The van der Waals surface area contributed by atoms with Crippen LogP contribution in [0, 0.1) is 0 Å². The van der Waals surface area contributed by atoms with Gasteiger partial charge in [-0.25, -0.2) is 9.78 Å². The van der Waals surface area contributed by atoms with Crippen molar-refractivity contribution >= 4 is 29.0 Å². The van der Waals surface area contributed by atoms with Crippen LogP contribution in [-0.2, 0) is 4.74 Å². The van der Waals surface area contributed by atoms with Crippen molar-refractivity contribution < 1.29 is 9.53 Å². The maximum atomic E-state index is 11.8. The number of nitrogens with zero attached hydrogens (tertiary/aromatic N) is 3. The summed E-state index contributed by atoms with van der Waals surface area (Å²) in [5.41, 5.74) is 2.55. The molecule has 1 aliphatic rings. The molecule has 2 aromatic rings. The summed E-state index contributed by atoms with van der Waals surface area (Å²) in [7, 11) is 2.16. The summed E-state index contributed by atoms with van der Waals surface area (Å²) in [5, 5.41) is 5.95. The van der Waals surface area contributed by atoms with E-state index in [1.54, 1.807) is 12.3 Å². The topological polar surface area (TPSA) is 69.7 Å². The van der Waals surface area contributed by atoms with Gasteiger partial charge >= 0.3 is 6.09 Å². The standard InChI is InChI=1S/C21H29N5O2/c1-21(2,3)28-20(27)24-19-10-7-17(15-22-19)23-16-5-8-18(9-6-16)26-13-11-25(4)12-14-26/h5-10,15,23H,11-14H2,1-4H3,(H,22,24,27). The summed E-state index contributed by atoms with van der Waals surface area (Å²) in [6.07, 6.45) is 1.17. The molecule has 1 aliphatic heterocycles. The Kier molecular flexibility index (Phi) is 6.04. The number of aromatic nitrogens is 1. The van der Waals surface area contributed by atoms with Crippen molar-refractivity contribution in [2.45, 2.75) is 26.4 Å². The van der Waals surface area contributed by atoms with E-state index < -0.39 is 11.7 Å². The molecule has 2 N–H and O–H groups in total. The molecule has 150 valence electrons. The fourth-order valence-corrected chi connectivity index (χ4v) is 2.94. The predicted molar refractivity (Wildman–Crippen MR) is 114 cm³/mol. The zero-order chi connectivity index (χ0) is 20.1. The molecular formula is C21H29N5O2. The highest BCUT2D eigenvalue weighted by Crippen LogP contribution is 2.22. The third-order valence-electron chi connectivity index (χ3n) is 4.42. The molecule has 0 radical (unpaired) electrons. The molecule has 7 heteroatoms. The SMILES string of the molecule is CN1CCN(c2ccc(Nc3ccc(NC(=O)OC(C)(C)C)nc3)cc2)CC1. The predicted octanol–water partition coefficient (Wildman–Crippen LogP) is 3.92. The van der Waals surface area contributed by atoms with E-state index in [1.807, 2.05) is 26.8 Å². The number of hydrogen-bond acceptors (Lipinski definition) is 6. The van der Waals surface area contributed by atoms with Crippen LogP contribution in [0.2, 0.25) is 0 Å². The molecule has 1 fully saturated rings. The Morgan fingerprint density at radius 2 is 1.64 bits per heavy atom. The number of ether oxygens (including phenoxy) is 1. The van der Waals surface area contributed by atoms with Crippen molar-refractivity contribution in [1.82, 2.24) is 9.88 Å². The van der Waals surface area contributed by atoms with E-state index in [1.165, 1.54) is 5.69 Å². The first-order valence-corrected chi connectivity index (χ1v) is 9.55. The Labute approximate surface area is 166 Å². The number of piperazine rings is 1. The number of carbonyl (C=O) groups excluding carboxylic acids is 1. The summed E-state index contributed by atoms with van der Waals surface area (Å²) in [5.74, 6) is 0.449. The summed E-state index contributed by atoms with van der Waals surface area (Å²) in [6, 6.07) is 12.0. The molecule has 2 heterocycles. The lowest BCUT2D eigenvalue weighted by atomic mass is 10.2. The van der Waals surface area contributed by atoms with E-state index in [0.29, 0.717) is 5.82 Å². The van der Waals surface area contributed by atoms with Crippen LogP contribution in [0.15, 0.2) is 42.6 Å². The van der Waals surface area contributed by atoms with Gasteiger partial charge in [0, 0.05) is 37.6 Å². The molecule has 0 spiro atoms. The smallest absolute Gasteiger partial charge is 0.413 e. The van der Waals surface area contributed by atoms with E-state index in [9.17, 15) is 4.79 Å². The number of hydrogen-bond donors (Lipinski definition) is 2. The number of anilines is 4. The molecule has 1 amide bonds. The molecule has 0 saturated carbocycles. The van der Waals surface area contributed by atoms with Crippen LogP contribution in [0.4, 0.5) is 27.7 Å². The zero-order valence-corrected chi connectivity index (χ0v) is 17.0. The van der Waals surface area contributed by atoms with Crippen LogP contribution in [0.1, 0.15) is 20.8 Å². The van der Waals surface area contributed by atoms with Crippen LogP contribution in [0.3, 0.4) is 0 Å². The third-order valence-corrected chi connectivity index (χ3v) is 4.42. The van der Waals surface area contributed by atoms with E-state index in [4.69, 9.17) is 4.74 Å². The molecule has 1 aromatic heterocycles. The fourth-order valence-electron chi connectivity index (χ4n) is 2.94. The normalized spacial score (nSPS) is 15.2. The second-order valence-electron chi connectivity index (χ2n) is 8.02. The summed E-state index contributed by atoms with van der Waals surface area (Å²) >= 11 is 0. The van der Waals surface area contributed by atoms with Gasteiger partial charge in [0.2, 0.25) is 0 Å². The van der Waals surface area contributed by atoms with E-state index in [0.717, 1.165) is 37.6 Å². The molecule has 1 saturated heterocycles. The first kappa shape index (κ1) is 19.9. The molecule has 3 rings (SSSR count). The minimum atomic E-state index is -0.540. The second kappa shape index (κ2) is 8.48. The summed E-state index contributed by atoms with van der Waals surface area (Å²) in [4.78, 5) is 20.8. The van der Waals surface area contributed by atoms with Crippen molar-refractivity contribution in [3.05, 3.63) is 42.6 Å². The number of rotatable bonds is 4. The Balaban J connectivity index is 1.54. The number of benzene rings is 1. The Hall–Kier alpha value is -2.80. The average molecular weight is 383 g/mol. The molecule has 0 aliphatic carbocycles. The van der Waals surface area contributed by atoms with Gasteiger partial charge in [0.25, 0.3) is 0 Å². The number of carbonyl (C=O) groups is 1. The number of pyridine rings is 1. The zero-order valence-electron chi connectivity index (χ0n) is 17.0. The van der Waals surface area contributed by atoms with Gasteiger partial charge in [-0.15, -0.1) is 0 Å². The lowest BCUT2D eigenvalue weighted by molar-refractivity contribution is 0.0635. The molecular weight excluding hydrogens is 354 g/mol. The first-order chi connectivity index (χ1) is 13.3. The molecule has 0 unspecified atom stereocenters. The highest BCUT2D eigenvalue weighted by molar-refractivity contribution is 5.83. The number of nitrogens with one attached hydrogen (secondary N) is 2. The quantitative estimate of drug-likeness (QED) is 0.834. The first-order valence-electron chi connectivity index (χ1n) is 9.55. The largest absolute Gasteiger partial charge is 0.444 e. The van der Waals surface area contributed by atoms with Gasteiger partial charge in [0.15, 0.2) is 0 Å². The van der Waals surface area contributed by atoms with Gasteiger partial charge in [-0.3, -0.25) is 5.32 Å². The fraction of sp³-hybridized carbons (Fsp3) is 0.429. The van der Waals surface area contributed by atoms with Crippen molar-refractivity contribution in [1.29, 1.82) is 0 Å². The van der Waals surface area contributed by atoms with E-state index >= 15 is 0 Å². The highest BCUT2D eigenvalue weighted by Gasteiger charge is 2.16. The number of amides is 1. The monoisotopic (exact) mass is 383 g/mol. The van der Waals surface area contributed by atoms with Crippen LogP contribution in [-0.4, -0.2) is 54.8 Å². The molecule has 0 bridgehead atoms. The lowest BCUT2D eigenvalue weighted by Gasteiger charge is -2.34. The Morgan fingerprint density at radius 1 is 1.00 bits per heavy atom. The van der Waals surface area contributed by atoms with Crippen LogP contribution in [0.25, 0.3) is 0 Å². The Bertz CT molecular complexity index is 776. The van der Waals surface area contributed by atoms with Crippen molar-refractivity contribution in [3.63, 3.8) is 0 Å². The van der Waals surface area contributed by atoms with Crippen LogP contribution >= 0.6 is 0 Å². The van der Waals surface area contributed by atoms with Crippen LogP contribution in [0.5, 0.6) is 0 Å². The summed E-state index contributed by atoms with van der Waals surface area (Å²) in [6.45, 7) is 9.76. The lowest BCUT2D eigenvalue weighted by Crippen LogP contribution is -2.44. The van der Waals surface area contributed by atoms with Gasteiger partial charge < -0.3 is 19.9 Å². The Morgan fingerprint density at radius 3 is 2.21 bits per heavy atom. The van der Waals surface area contributed by atoms with E-state index in [-0.39, 0.29) is 0 Å². The van der Waals surface area contributed by atoms with Gasteiger partial charge in [-0.1, -0.05) is 0 Å². The summed E-state index contributed by atoms with van der Waals surface area (Å²) < 4.78 is 5.22. The molecule has 1 aromatic carbocycles. The van der Waals surface area contributed by atoms with Crippen molar-refractivity contribution in [2.24, 2.45) is 0 Å². The second-order valence-corrected chi connectivity index (χ2v) is 8.02. The third kappa shape index (κ3) is 5.85. The van der Waals surface area contributed by atoms with E-state index in [2.05, 4.69) is 56.7 Å². The maximum Gasteiger partial charge on any atom is 0.413 e. The molecule has 0 atom stereocenters. The van der Waals surface area contributed by atoms with Gasteiger partial charge in [0.1, 0.15) is 11.4 Å². The molecule has 7 nitrogen and oxygen atoms in total. The van der Waals surface area contributed by atoms with Crippen LogP contribution < -0.4 is 15.5 Å². The maximum absolute atomic E-state index is 11.8. The average Bonchev–Trinajstić information content (AvgIpc) is 2.63. The minimum absolute atomic E-state index is 0.449. The van der Waals surface area contributed by atoms with Crippen molar-refractivity contribution in [2.75, 3.05) is 48.8 Å². The van der Waals surface area contributed by atoms with Gasteiger partial charge in [0.05, 0.1) is 11.9 Å². The van der Waals surface area contributed by atoms with Crippen molar-refractivity contribution in [3.8, 4) is 0 Å². The molecule has 28 heavy (non-hydrogen) atoms. The van der Waals surface area contributed by atoms with Gasteiger partial charge in [-0.05, 0) is 64.2 Å².